The highest BCUT2D eigenvalue weighted by Gasteiger charge is 2.46. The summed E-state index contributed by atoms with van der Waals surface area (Å²) in [4.78, 5) is 36.5. The Labute approximate surface area is 238 Å². The van der Waals surface area contributed by atoms with E-state index in [0.717, 1.165) is 57.2 Å². The SMILES string of the molecule is CC[C@H](Nc1cc(C(F)(F)F)c(C(=S)C(/N=C(\C)C(=O)NCC(C)(C)O)C(=O)N2C3CCC2CC3)cn1)C1CC1. The third kappa shape index (κ3) is 6.99. The number of thiocarbonyl (C=S) groups is 1. The summed E-state index contributed by atoms with van der Waals surface area (Å²) in [5.41, 5.74) is -2.70. The number of nitrogens with one attached hydrogen (secondary N) is 2. The number of aliphatic hydroxyl groups is 1. The van der Waals surface area contributed by atoms with Crippen LogP contribution in [0.2, 0.25) is 0 Å². The largest absolute Gasteiger partial charge is 0.417 e. The van der Waals surface area contributed by atoms with Crippen molar-refractivity contribution in [3.63, 3.8) is 0 Å². The molecular weight excluding hydrogens is 543 g/mol. The zero-order chi connectivity index (χ0) is 29.4. The molecule has 12 heteroatoms. The summed E-state index contributed by atoms with van der Waals surface area (Å²) >= 11 is 5.56. The van der Waals surface area contributed by atoms with E-state index in [1.807, 2.05) is 6.92 Å². The van der Waals surface area contributed by atoms with Gasteiger partial charge in [-0.25, -0.2) is 4.98 Å². The Bertz CT molecular complexity index is 1160. The molecule has 1 aromatic rings. The van der Waals surface area contributed by atoms with Gasteiger partial charge >= 0.3 is 6.18 Å². The number of amides is 2. The van der Waals surface area contributed by atoms with Crippen molar-refractivity contribution < 1.29 is 27.9 Å². The fourth-order valence-electron chi connectivity index (χ4n) is 5.67. The molecule has 3 heterocycles. The Balaban J connectivity index is 1.68. The number of hydrogen-bond donors (Lipinski definition) is 3. The number of aliphatic imine (C=N–C) groups is 1. The van der Waals surface area contributed by atoms with Gasteiger partial charge in [-0.2, -0.15) is 13.2 Å². The molecular formula is C28H38F3N5O3S. The first-order chi connectivity index (χ1) is 18.7. The molecule has 2 aliphatic heterocycles. The van der Waals surface area contributed by atoms with Gasteiger partial charge in [0.25, 0.3) is 11.8 Å². The minimum absolute atomic E-state index is 0.0116. The number of alkyl halides is 3. The average molecular weight is 582 g/mol. The highest BCUT2D eigenvalue weighted by atomic mass is 32.1. The van der Waals surface area contributed by atoms with Crippen molar-refractivity contribution in [2.24, 2.45) is 10.9 Å². The van der Waals surface area contributed by atoms with E-state index in [-0.39, 0.29) is 41.1 Å². The van der Waals surface area contributed by atoms with Crippen LogP contribution in [0, 0.1) is 5.92 Å². The quantitative estimate of drug-likeness (QED) is 0.205. The van der Waals surface area contributed by atoms with Gasteiger partial charge in [-0.15, -0.1) is 0 Å². The molecule has 0 radical (unpaired) electrons. The minimum Gasteiger partial charge on any atom is -0.389 e. The molecule has 3 N–H and O–H groups in total. The van der Waals surface area contributed by atoms with Crippen molar-refractivity contribution in [2.45, 2.75) is 109 Å². The van der Waals surface area contributed by atoms with Gasteiger partial charge in [0.1, 0.15) is 5.82 Å². The highest BCUT2D eigenvalue weighted by molar-refractivity contribution is 7.81. The van der Waals surface area contributed by atoms with Crippen molar-refractivity contribution >= 4 is 40.4 Å². The number of anilines is 1. The second-order valence-electron chi connectivity index (χ2n) is 11.8. The topological polar surface area (TPSA) is 107 Å². The number of carbonyl (C=O) groups is 2. The van der Waals surface area contributed by atoms with E-state index in [1.165, 1.54) is 20.8 Å². The van der Waals surface area contributed by atoms with Crippen molar-refractivity contribution in [3.05, 3.63) is 23.4 Å². The second-order valence-corrected chi connectivity index (χ2v) is 12.2. The molecule has 1 unspecified atom stereocenters. The van der Waals surface area contributed by atoms with Gasteiger partial charge in [-0.05, 0) is 77.7 Å². The summed E-state index contributed by atoms with van der Waals surface area (Å²) in [5.74, 6) is -0.630. The Morgan fingerprint density at radius 1 is 1.18 bits per heavy atom. The fourth-order valence-corrected chi connectivity index (χ4v) is 5.99. The van der Waals surface area contributed by atoms with E-state index >= 15 is 0 Å². The number of halogens is 3. The highest BCUT2D eigenvalue weighted by Crippen LogP contribution is 2.40. The molecule has 1 saturated carbocycles. The molecule has 220 valence electrons. The first kappa shape index (κ1) is 30.4. The van der Waals surface area contributed by atoms with Crippen LogP contribution >= 0.6 is 12.2 Å². The lowest BCUT2D eigenvalue weighted by Gasteiger charge is -2.27. The first-order valence-corrected chi connectivity index (χ1v) is 14.4. The lowest BCUT2D eigenvalue weighted by atomic mass is 10.00. The molecule has 2 amide bonds. The molecule has 3 fully saturated rings. The molecule has 8 nitrogen and oxygen atoms in total. The third-order valence-corrected chi connectivity index (χ3v) is 8.40. The normalized spacial score (nSPS) is 22.7. The van der Waals surface area contributed by atoms with Gasteiger partial charge < -0.3 is 20.6 Å². The molecule has 40 heavy (non-hydrogen) atoms. The smallest absolute Gasteiger partial charge is 0.389 e. The molecule has 2 saturated heterocycles. The fraction of sp³-hybridized carbons (Fsp3) is 0.679. The van der Waals surface area contributed by atoms with E-state index < -0.39 is 40.8 Å². The van der Waals surface area contributed by atoms with E-state index in [9.17, 15) is 27.9 Å². The van der Waals surface area contributed by atoms with Crippen LogP contribution in [0.5, 0.6) is 0 Å². The maximum Gasteiger partial charge on any atom is 0.417 e. The predicted octanol–water partition coefficient (Wildman–Crippen LogP) is 4.29. The molecule has 4 rings (SSSR count). The summed E-state index contributed by atoms with van der Waals surface area (Å²) in [6.45, 7) is 6.31. The Hall–Kier alpha value is -2.60. The summed E-state index contributed by atoms with van der Waals surface area (Å²) in [6.07, 6.45) is 2.39. The summed E-state index contributed by atoms with van der Waals surface area (Å²) in [6, 6.07) is -0.549. The van der Waals surface area contributed by atoms with Crippen LogP contribution in [0.15, 0.2) is 17.3 Å². The van der Waals surface area contributed by atoms with Crippen molar-refractivity contribution in [2.75, 3.05) is 11.9 Å². The van der Waals surface area contributed by atoms with Gasteiger partial charge in [0, 0.05) is 36.4 Å². The summed E-state index contributed by atoms with van der Waals surface area (Å²) < 4.78 is 43.0. The van der Waals surface area contributed by atoms with Crippen LogP contribution in [-0.4, -0.2) is 73.7 Å². The Morgan fingerprint density at radius 3 is 2.27 bits per heavy atom. The van der Waals surface area contributed by atoms with Crippen LogP contribution in [0.1, 0.15) is 83.8 Å². The van der Waals surface area contributed by atoms with Gasteiger partial charge in [0.15, 0.2) is 6.04 Å². The van der Waals surface area contributed by atoms with Crippen LogP contribution in [-0.2, 0) is 15.8 Å². The van der Waals surface area contributed by atoms with Crippen LogP contribution in [0.3, 0.4) is 0 Å². The van der Waals surface area contributed by atoms with Crippen LogP contribution < -0.4 is 10.6 Å². The Morgan fingerprint density at radius 2 is 1.77 bits per heavy atom. The van der Waals surface area contributed by atoms with Gasteiger partial charge in [-0.3, -0.25) is 14.6 Å². The standard InChI is InChI=1S/C28H38F3N5O3S/c1-5-21(16-6-7-16)35-22-12-20(28(29,30)31)19(13-32-22)24(40)23(26(38)36-17-8-9-18(36)11-10-17)34-15(2)25(37)33-14-27(3,4)39/h12-13,16-18,21,23,39H,5-11,14H2,1-4H3,(H,32,35)(H,33,37)/b34-15+/t17?,18?,21-,23?/m0/s1. The number of carbonyl (C=O) groups excluding carboxylic acids is 2. The maximum absolute atomic E-state index is 14.3. The van der Waals surface area contributed by atoms with E-state index in [1.54, 1.807) is 4.90 Å². The van der Waals surface area contributed by atoms with E-state index in [4.69, 9.17) is 12.2 Å². The monoisotopic (exact) mass is 581 g/mol. The number of pyridine rings is 1. The minimum atomic E-state index is -4.76. The summed E-state index contributed by atoms with van der Waals surface area (Å²) in [7, 11) is 0. The zero-order valence-corrected chi connectivity index (χ0v) is 24.2. The number of nitrogens with zero attached hydrogens (tertiary/aromatic N) is 3. The summed E-state index contributed by atoms with van der Waals surface area (Å²) in [5, 5.41) is 15.6. The molecule has 3 aliphatic rings. The van der Waals surface area contributed by atoms with Gasteiger partial charge in [0.2, 0.25) is 0 Å². The van der Waals surface area contributed by atoms with Crippen LogP contribution in [0.25, 0.3) is 0 Å². The first-order valence-electron chi connectivity index (χ1n) is 13.9. The molecule has 1 aliphatic carbocycles. The molecule has 2 atom stereocenters. The third-order valence-electron chi connectivity index (χ3n) is 7.96. The zero-order valence-electron chi connectivity index (χ0n) is 23.3. The molecule has 0 aromatic carbocycles. The number of rotatable bonds is 11. The number of fused-ring (bicyclic) bond motifs is 2. The van der Waals surface area contributed by atoms with Crippen molar-refractivity contribution in [1.29, 1.82) is 0 Å². The van der Waals surface area contributed by atoms with Crippen LogP contribution in [0.4, 0.5) is 19.0 Å². The van der Waals surface area contributed by atoms with E-state index in [0.29, 0.717) is 5.92 Å². The maximum atomic E-state index is 14.3. The number of aromatic nitrogens is 1. The molecule has 1 aromatic heterocycles. The number of hydrogen-bond acceptors (Lipinski definition) is 7. The van der Waals surface area contributed by atoms with Gasteiger partial charge in [-0.1, -0.05) is 19.1 Å². The van der Waals surface area contributed by atoms with E-state index in [2.05, 4.69) is 20.6 Å². The predicted molar refractivity (Wildman–Crippen MR) is 150 cm³/mol. The average Bonchev–Trinajstić information content (AvgIpc) is 3.56. The second kappa shape index (κ2) is 11.7. The van der Waals surface area contributed by atoms with Crippen molar-refractivity contribution in [3.8, 4) is 0 Å². The van der Waals surface area contributed by atoms with Gasteiger partial charge in [0.05, 0.1) is 21.7 Å². The lowest BCUT2D eigenvalue weighted by Crippen LogP contribution is -2.46. The Kier molecular flexibility index (Phi) is 8.89. The lowest BCUT2D eigenvalue weighted by molar-refractivity contribution is -0.138. The van der Waals surface area contributed by atoms with Crippen molar-refractivity contribution in [1.82, 2.24) is 15.2 Å². The molecule has 0 spiro atoms. The molecule has 2 bridgehead atoms.